The van der Waals surface area contributed by atoms with Crippen LogP contribution in [0.2, 0.25) is 0 Å². The van der Waals surface area contributed by atoms with E-state index in [1.807, 2.05) is 23.5 Å². The van der Waals surface area contributed by atoms with Crippen LogP contribution in [0.25, 0.3) is 0 Å². The number of nitrogens with one attached hydrogen (secondary N) is 1. The van der Waals surface area contributed by atoms with Crippen molar-refractivity contribution < 1.29 is 18.0 Å². The monoisotopic (exact) mass is 353 g/mol. The van der Waals surface area contributed by atoms with Crippen LogP contribution in [0.3, 0.4) is 0 Å². The van der Waals surface area contributed by atoms with Crippen LogP contribution in [0.5, 0.6) is 0 Å². The summed E-state index contributed by atoms with van der Waals surface area (Å²) < 4.78 is 25.8. The summed E-state index contributed by atoms with van der Waals surface area (Å²) in [5.41, 5.74) is 0.897. The number of piperazine rings is 1. The van der Waals surface area contributed by atoms with Crippen molar-refractivity contribution in [3.63, 3.8) is 0 Å². The van der Waals surface area contributed by atoms with Crippen LogP contribution in [0.4, 0.5) is 5.69 Å². The molecule has 0 atom stereocenters. The lowest BCUT2D eigenvalue weighted by Gasteiger charge is -2.37. The summed E-state index contributed by atoms with van der Waals surface area (Å²) in [6.45, 7) is 7.66. The second-order valence-electron chi connectivity index (χ2n) is 6.12. The smallest absolute Gasteiger partial charge is 0.264 e. The van der Waals surface area contributed by atoms with Gasteiger partial charge in [-0.1, -0.05) is 13.8 Å². The molecule has 2 amide bonds. The molecule has 24 heavy (non-hydrogen) atoms. The van der Waals surface area contributed by atoms with Crippen LogP contribution in [-0.4, -0.2) is 51.3 Å². The summed E-state index contributed by atoms with van der Waals surface area (Å²) in [6, 6.07) is 6.39. The molecule has 7 nitrogen and oxygen atoms in total. The van der Waals surface area contributed by atoms with Crippen LogP contribution < -0.4 is 9.62 Å². The van der Waals surface area contributed by atoms with Crippen molar-refractivity contribution in [2.45, 2.75) is 25.7 Å². The Bertz CT molecular complexity index is 705. The minimum absolute atomic E-state index is 0.00480. The van der Waals surface area contributed by atoms with E-state index in [2.05, 4.69) is 4.90 Å². The Hall–Kier alpha value is -2.09. The van der Waals surface area contributed by atoms with Gasteiger partial charge in [-0.15, -0.1) is 0 Å². The first-order chi connectivity index (χ1) is 11.2. The first-order valence-corrected chi connectivity index (χ1v) is 9.36. The van der Waals surface area contributed by atoms with Gasteiger partial charge in [-0.2, -0.15) is 0 Å². The number of benzene rings is 1. The highest BCUT2D eigenvalue weighted by molar-refractivity contribution is 7.90. The molecule has 0 spiro atoms. The maximum atomic E-state index is 12.0. The van der Waals surface area contributed by atoms with Gasteiger partial charge in [0.25, 0.3) is 10.0 Å². The molecule has 1 aliphatic rings. The first-order valence-electron chi connectivity index (χ1n) is 7.88. The summed E-state index contributed by atoms with van der Waals surface area (Å²) in [5.74, 6) is -0.466. The molecule has 0 radical (unpaired) electrons. The molecular weight excluding hydrogens is 330 g/mol. The normalized spacial score (nSPS) is 15.5. The van der Waals surface area contributed by atoms with E-state index in [1.54, 1.807) is 12.1 Å². The fourth-order valence-electron chi connectivity index (χ4n) is 2.63. The Morgan fingerprint density at radius 2 is 1.58 bits per heavy atom. The highest BCUT2D eigenvalue weighted by atomic mass is 32.2. The number of anilines is 1. The molecule has 0 unspecified atom stereocenters. The van der Waals surface area contributed by atoms with Gasteiger partial charge in [0.2, 0.25) is 11.8 Å². The zero-order valence-corrected chi connectivity index (χ0v) is 15.0. The summed E-state index contributed by atoms with van der Waals surface area (Å²) in [6.07, 6.45) is 0. The third kappa shape index (κ3) is 4.25. The molecule has 1 aromatic rings. The van der Waals surface area contributed by atoms with Gasteiger partial charge < -0.3 is 9.80 Å². The summed E-state index contributed by atoms with van der Waals surface area (Å²) in [4.78, 5) is 27.0. The Morgan fingerprint density at radius 3 is 2.04 bits per heavy atom. The number of rotatable bonds is 4. The van der Waals surface area contributed by atoms with Crippen molar-refractivity contribution in [2.75, 3.05) is 31.1 Å². The predicted molar refractivity (Wildman–Crippen MR) is 91.1 cm³/mol. The highest BCUT2D eigenvalue weighted by Gasteiger charge is 2.23. The first kappa shape index (κ1) is 18.3. The second-order valence-corrected chi connectivity index (χ2v) is 7.81. The number of carbonyl (C=O) groups is 2. The Morgan fingerprint density at radius 1 is 1.04 bits per heavy atom. The number of hydrogen-bond donors (Lipinski definition) is 1. The maximum Gasteiger partial charge on any atom is 0.264 e. The molecule has 132 valence electrons. The van der Waals surface area contributed by atoms with Crippen molar-refractivity contribution in [2.24, 2.45) is 5.92 Å². The van der Waals surface area contributed by atoms with Crippen molar-refractivity contribution in [1.82, 2.24) is 9.62 Å². The largest absolute Gasteiger partial charge is 0.368 e. The van der Waals surface area contributed by atoms with Gasteiger partial charge in [-0.05, 0) is 24.3 Å². The number of hydrogen-bond acceptors (Lipinski definition) is 5. The highest BCUT2D eigenvalue weighted by Crippen LogP contribution is 2.20. The molecular formula is C16H23N3O4S. The second kappa shape index (κ2) is 7.21. The van der Waals surface area contributed by atoms with Gasteiger partial charge in [0.1, 0.15) is 0 Å². The number of amides is 2. The summed E-state index contributed by atoms with van der Waals surface area (Å²) in [5, 5.41) is 0. The Kier molecular flexibility index (Phi) is 5.48. The van der Waals surface area contributed by atoms with E-state index in [9.17, 15) is 18.0 Å². The van der Waals surface area contributed by atoms with Gasteiger partial charge in [-0.3, -0.25) is 9.59 Å². The minimum atomic E-state index is -3.81. The van der Waals surface area contributed by atoms with Gasteiger partial charge in [-0.25, -0.2) is 13.1 Å². The molecule has 0 bridgehead atoms. The zero-order chi connectivity index (χ0) is 17.9. The van der Waals surface area contributed by atoms with E-state index in [1.165, 1.54) is 12.1 Å². The van der Waals surface area contributed by atoms with Crippen LogP contribution in [-0.2, 0) is 19.6 Å². The van der Waals surface area contributed by atoms with E-state index < -0.39 is 15.9 Å². The third-order valence-electron chi connectivity index (χ3n) is 3.88. The van der Waals surface area contributed by atoms with Crippen molar-refractivity contribution in [1.29, 1.82) is 0 Å². The standard InChI is InChI=1S/C16H23N3O4S/c1-12(2)16(21)19-10-8-18(9-11-19)14-4-6-15(7-5-14)24(22,23)17-13(3)20/h4-7,12H,8-11H2,1-3H3,(H,17,20). The lowest BCUT2D eigenvalue weighted by molar-refractivity contribution is -0.134. The summed E-state index contributed by atoms with van der Waals surface area (Å²) in [7, 11) is -3.81. The van der Waals surface area contributed by atoms with Crippen molar-refractivity contribution in [3.05, 3.63) is 24.3 Å². The van der Waals surface area contributed by atoms with Crippen LogP contribution in [0.1, 0.15) is 20.8 Å². The van der Waals surface area contributed by atoms with Crippen LogP contribution in [0.15, 0.2) is 29.2 Å². The average Bonchev–Trinajstić information content (AvgIpc) is 2.53. The van der Waals surface area contributed by atoms with Crippen LogP contribution >= 0.6 is 0 Å². The molecule has 2 rings (SSSR count). The quantitative estimate of drug-likeness (QED) is 0.866. The van der Waals surface area contributed by atoms with Gasteiger partial charge in [0.05, 0.1) is 4.90 Å². The van der Waals surface area contributed by atoms with E-state index in [4.69, 9.17) is 0 Å². The molecule has 8 heteroatoms. The molecule has 1 fully saturated rings. The molecule has 0 aliphatic carbocycles. The molecule has 1 heterocycles. The Balaban J connectivity index is 2.03. The maximum absolute atomic E-state index is 12.0. The number of carbonyl (C=O) groups excluding carboxylic acids is 2. The Labute approximate surface area is 142 Å². The number of sulfonamides is 1. The molecule has 1 aliphatic heterocycles. The molecule has 1 N–H and O–H groups in total. The summed E-state index contributed by atoms with van der Waals surface area (Å²) >= 11 is 0. The van der Waals surface area contributed by atoms with E-state index in [0.29, 0.717) is 26.2 Å². The van der Waals surface area contributed by atoms with E-state index >= 15 is 0 Å². The molecule has 0 saturated carbocycles. The fraction of sp³-hybridized carbons (Fsp3) is 0.500. The average molecular weight is 353 g/mol. The zero-order valence-electron chi connectivity index (χ0n) is 14.2. The lowest BCUT2D eigenvalue weighted by atomic mass is 10.1. The topological polar surface area (TPSA) is 86.8 Å². The van der Waals surface area contributed by atoms with E-state index in [0.717, 1.165) is 12.6 Å². The van der Waals surface area contributed by atoms with Gasteiger partial charge in [0.15, 0.2) is 0 Å². The van der Waals surface area contributed by atoms with Crippen molar-refractivity contribution >= 4 is 27.5 Å². The number of nitrogens with zero attached hydrogens (tertiary/aromatic N) is 2. The fourth-order valence-corrected chi connectivity index (χ4v) is 3.63. The lowest BCUT2D eigenvalue weighted by Crippen LogP contribution is -2.49. The molecule has 0 aromatic heterocycles. The minimum Gasteiger partial charge on any atom is -0.368 e. The molecule has 1 aromatic carbocycles. The van der Waals surface area contributed by atoms with Crippen molar-refractivity contribution in [3.8, 4) is 0 Å². The molecule has 1 saturated heterocycles. The SMILES string of the molecule is CC(=O)NS(=O)(=O)c1ccc(N2CCN(C(=O)C(C)C)CC2)cc1. The van der Waals surface area contributed by atoms with Crippen LogP contribution in [0, 0.1) is 5.92 Å². The van der Waals surface area contributed by atoms with Gasteiger partial charge in [0, 0.05) is 44.7 Å². The third-order valence-corrected chi connectivity index (χ3v) is 5.32. The van der Waals surface area contributed by atoms with E-state index in [-0.39, 0.29) is 16.7 Å². The van der Waals surface area contributed by atoms with Gasteiger partial charge >= 0.3 is 0 Å². The predicted octanol–water partition coefficient (Wildman–Crippen LogP) is 0.816.